The van der Waals surface area contributed by atoms with Crippen LogP contribution in [-0.4, -0.2) is 11.1 Å². The van der Waals surface area contributed by atoms with Crippen LogP contribution in [-0.2, 0) is 0 Å². The fourth-order valence-corrected chi connectivity index (χ4v) is 1.34. The van der Waals surface area contributed by atoms with E-state index in [4.69, 9.17) is 0 Å². The van der Waals surface area contributed by atoms with Gasteiger partial charge in [-0.25, -0.2) is 0 Å². The fourth-order valence-electron chi connectivity index (χ4n) is 1.34. The highest BCUT2D eigenvalue weighted by Gasteiger charge is 2.16. The normalized spacial score (nSPS) is 19.8. The van der Waals surface area contributed by atoms with Gasteiger partial charge in [-0.3, -0.25) is 0 Å². The third-order valence-electron chi connectivity index (χ3n) is 1.80. The minimum atomic E-state index is 0.0120. The SMILES string of the molecule is Cc1cc(C)[n+]2c(n1)=NC(C)N=2. The molecule has 0 aromatic carbocycles. The minimum Gasteiger partial charge on any atom is -0.107 e. The van der Waals surface area contributed by atoms with E-state index in [-0.39, 0.29) is 6.17 Å². The predicted molar refractivity (Wildman–Crippen MR) is 42.4 cm³/mol. The Morgan fingerprint density at radius 3 is 2.92 bits per heavy atom. The van der Waals surface area contributed by atoms with Crippen LogP contribution in [0.5, 0.6) is 0 Å². The van der Waals surface area contributed by atoms with Crippen molar-refractivity contribution < 1.29 is 4.36 Å². The lowest BCUT2D eigenvalue weighted by molar-refractivity contribution is -0.571. The van der Waals surface area contributed by atoms with Gasteiger partial charge in [-0.2, -0.15) is 0 Å². The molecule has 12 heavy (non-hydrogen) atoms. The second-order valence-electron chi connectivity index (χ2n) is 3.03. The lowest BCUT2D eigenvalue weighted by Crippen LogP contribution is -2.39. The van der Waals surface area contributed by atoms with Crippen molar-refractivity contribution in [3.63, 3.8) is 0 Å². The monoisotopic (exact) mass is 163 g/mol. The van der Waals surface area contributed by atoms with Crippen molar-refractivity contribution in [3.8, 4) is 0 Å². The van der Waals surface area contributed by atoms with Gasteiger partial charge in [0.2, 0.25) is 6.17 Å². The van der Waals surface area contributed by atoms with E-state index < -0.39 is 0 Å². The molecule has 1 aromatic rings. The van der Waals surface area contributed by atoms with Crippen molar-refractivity contribution in [2.45, 2.75) is 26.9 Å². The number of hydrogen-bond acceptors (Lipinski definition) is 3. The molecule has 2 heterocycles. The molecule has 1 unspecified atom stereocenters. The third-order valence-corrected chi connectivity index (χ3v) is 1.80. The van der Waals surface area contributed by atoms with Crippen LogP contribution in [0.4, 0.5) is 0 Å². The molecule has 4 heteroatoms. The van der Waals surface area contributed by atoms with Crippen molar-refractivity contribution in [1.82, 2.24) is 4.98 Å². The van der Waals surface area contributed by atoms with Crippen molar-refractivity contribution in [1.29, 1.82) is 0 Å². The molecule has 4 nitrogen and oxygen atoms in total. The van der Waals surface area contributed by atoms with Crippen molar-refractivity contribution >= 4 is 0 Å². The molecule has 1 aromatic heterocycles. The van der Waals surface area contributed by atoms with Crippen molar-refractivity contribution in [2.75, 3.05) is 0 Å². The van der Waals surface area contributed by atoms with Crippen LogP contribution in [0.15, 0.2) is 16.2 Å². The first kappa shape index (κ1) is 7.34. The van der Waals surface area contributed by atoms with Gasteiger partial charge in [0, 0.05) is 6.07 Å². The molecule has 1 aliphatic heterocycles. The minimum absolute atomic E-state index is 0.0120. The zero-order valence-electron chi connectivity index (χ0n) is 7.44. The summed E-state index contributed by atoms with van der Waals surface area (Å²) in [5.74, 6) is 0. The Morgan fingerprint density at radius 2 is 2.17 bits per heavy atom. The van der Waals surface area contributed by atoms with Gasteiger partial charge in [0.25, 0.3) is 0 Å². The van der Waals surface area contributed by atoms with E-state index in [0.29, 0.717) is 0 Å². The van der Waals surface area contributed by atoms with E-state index in [2.05, 4.69) is 15.1 Å². The number of aromatic nitrogens is 2. The first-order valence-electron chi connectivity index (χ1n) is 3.99. The van der Waals surface area contributed by atoms with Crippen LogP contribution >= 0.6 is 0 Å². The number of rotatable bonds is 0. The summed E-state index contributed by atoms with van der Waals surface area (Å²) in [4.78, 5) is 8.53. The Kier molecular flexibility index (Phi) is 1.43. The van der Waals surface area contributed by atoms with E-state index in [1.807, 2.05) is 26.8 Å². The molecule has 0 radical (unpaired) electrons. The summed E-state index contributed by atoms with van der Waals surface area (Å²) in [6, 6.07) is 2.00. The molecule has 1 aliphatic rings. The van der Waals surface area contributed by atoms with Crippen molar-refractivity contribution in [2.24, 2.45) is 10.1 Å². The summed E-state index contributed by atoms with van der Waals surface area (Å²) in [6.45, 7) is 5.92. The van der Waals surface area contributed by atoms with Crippen LogP contribution in [0.25, 0.3) is 0 Å². The highest BCUT2D eigenvalue weighted by molar-refractivity contribution is 4.99. The second-order valence-corrected chi connectivity index (χ2v) is 3.03. The summed E-state index contributed by atoms with van der Waals surface area (Å²) in [5, 5.41) is 4.28. The Balaban J connectivity index is 2.86. The molecule has 0 fully saturated rings. The number of aryl methyl sites for hydroxylation is 2. The predicted octanol–water partition coefficient (Wildman–Crippen LogP) is -0.00316. The first-order valence-corrected chi connectivity index (χ1v) is 3.99. The first-order chi connectivity index (χ1) is 5.66. The van der Waals surface area contributed by atoms with E-state index in [9.17, 15) is 0 Å². The lowest BCUT2D eigenvalue weighted by Gasteiger charge is -1.86. The Bertz CT molecular complexity index is 435. The molecule has 0 N–H and O–H groups in total. The highest BCUT2D eigenvalue weighted by Crippen LogP contribution is 1.94. The summed E-state index contributed by atoms with van der Waals surface area (Å²) >= 11 is 0. The summed E-state index contributed by atoms with van der Waals surface area (Å²) in [6.07, 6.45) is 0.0120. The van der Waals surface area contributed by atoms with E-state index in [1.165, 1.54) is 0 Å². The maximum absolute atomic E-state index is 4.28. The summed E-state index contributed by atoms with van der Waals surface area (Å²) in [5.41, 5.74) is 2.80. The lowest BCUT2D eigenvalue weighted by atomic mass is 10.4. The third kappa shape index (κ3) is 0.995. The Labute approximate surface area is 70.3 Å². The van der Waals surface area contributed by atoms with Crippen LogP contribution in [0.3, 0.4) is 0 Å². The molecule has 0 saturated carbocycles. The molecule has 62 valence electrons. The van der Waals surface area contributed by atoms with Gasteiger partial charge in [0.1, 0.15) is 11.4 Å². The molecule has 2 rings (SSSR count). The Morgan fingerprint density at radius 1 is 1.42 bits per heavy atom. The molecular formula is C8H11N4+. The van der Waals surface area contributed by atoms with Crippen LogP contribution in [0.1, 0.15) is 18.3 Å². The highest BCUT2D eigenvalue weighted by atomic mass is 15.3. The van der Waals surface area contributed by atoms with Gasteiger partial charge in [0.05, 0.1) is 0 Å². The number of fused-ring (bicyclic) bond motifs is 1. The smallest absolute Gasteiger partial charge is 0.107 e. The van der Waals surface area contributed by atoms with Gasteiger partial charge in [-0.15, -0.1) is 4.36 Å². The summed E-state index contributed by atoms with van der Waals surface area (Å²) < 4.78 is 1.79. The fraction of sp³-hybridized carbons (Fsp3) is 0.500. The largest absolute Gasteiger partial charge is 0.454 e. The van der Waals surface area contributed by atoms with Crippen molar-refractivity contribution in [3.05, 3.63) is 23.1 Å². The van der Waals surface area contributed by atoms with Crippen LogP contribution in [0, 0.1) is 13.8 Å². The molecule has 0 bridgehead atoms. The zero-order chi connectivity index (χ0) is 8.72. The molecule has 0 saturated heterocycles. The zero-order valence-corrected chi connectivity index (χ0v) is 7.44. The van der Waals surface area contributed by atoms with E-state index in [0.717, 1.165) is 17.0 Å². The maximum Gasteiger partial charge on any atom is 0.454 e. The van der Waals surface area contributed by atoms with Gasteiger partial charge in [0.15, 0.2) is 0 Å². The molecule has 1 atom stereocenters. The second kappa shape index (κ2) is 2.33. The molecular weight excluding hydrogens is 152 g/mol. The molecule has 0 amide bonds. The molecule has 0 spiro atoms. The van der Waals surface area contributed by atoms with E-state index in [1.54, 1.807) is 4.36 Å². The number of hydrogen-bond donors (Lipinski definition) is 0. The van der Waals surface area contributed by atoms with E-state index >= 15 is 0 Å². The van der Waals surface area contributed by atoms with Gasteiger partial charge in [-0.05, 0) is 20.8 Å². The average molecular weight is 163 g/mol. The molecule has 0 aliphatic carbocycles. The van der Waals surface area contributed by atoms with Gasteiger partial charge >= 0.3 is 5.62 Å². The number of nitrogens with zero attached hydrogens (tertiary/aromatic N) is 4. The summed E-state index contributed by atoms with van der Waals surface area (Å²) in [7, 11) is 0. The standard InChI is InChI=1S/C8H11N4/c1-5-4-6(2)12-8(9-5)10-7(3)11-12/h4,7H,1-3H3/q+1. The van der Waals surface area contributed by atoms with Crippen LogP contribution < -0.4 is 9.98 Å². The quantitative estimate of drug-likeness (QED) is 0.496. The Hall–Kier alpha value is -1.32. The van der Waals surface area contributed by atoms with Gasteiger partial charge < -0.3 is 0 Å². The maximum atomic E-state index is 4.28. The topological polar surface area (TPSA) is 43.5 Å². The van der Waals surface area contributed by atoms with Crippen LogP contribution in [0.2, 0.25) is 0 Å². The average Bonchev–Trinajstić information content (AvgIpc) is 2.29. The van der Waals surface area contributed by atoms with Gasteiger partial charge in [-0.1, -0.05) is 15.1 Å².